The fraction of sp³-hybridized carbons (Fsp3) is 0.208. The summed E-state index contributed by atoms with van der Waals surface area (Å²) in [5, 5.41) is 20.0. The van der Waals surface area contributed by atoms with E-state index in [0.29, 0.717) is 28.1 Å². The number of nitrogens with one attached hydrogen (secondary N) is 2. The first-order valence-corrected chi connectivity index (χ1v) is 10.7. The van der Waals surface area contributed by atoms with E-state index in [1.54, 1.807) is 30.3 Å². The minimum Gasteiger partial charge on any atom is -0.493 e. The van der Waals surface area contributed by atoms with E-state index < -0.39 is 5.92 Å². The van der Waals surface area contributed by atoms with Crippen LogP contribution in [-0.2, 0) is 4.79 Å². The Morgan fingerprint density at radius 2 is 2.09 bits per heavy atom. The van der Waals surface area contributed by atoms with Crippen molar-refractivity contribution in [3.05, 3.63) is 75.3 Å². The molecule has 1 aromatic heterocycles. The van der Waals surface area contributed by atoms with E-state index in [-0.39, 0.29) is 24.0 Å². The zero-order valence-corrected chi connectivity index (χ0v) is 19.5. The molecule has 0 fully saturated rings. The second-order valence-electron chi connectivity index (χ2n) is 7.70. The lowest BCUT2D eigenvalue weighted by molar-refractivity contribution is -0.118. The molecular weight excluding hydrogens is 458 g/mol. The van der Waals surface area contributed by atoms with Crippen LogP contribution in [0.2, 0.25) is 5.02 Å². The first-order chi connectivity index (χ1) is 16.3. The van der Waals surface area contributed by atoms with Crippen molar-refractivity contribution in [1.29, 1.82) is 5.26 Å². The fourth-order valence-corrected chi connectivity index (χ4v) is 3.95. The number of hydrogen-bond acceptors (Lipinski definition) is 7. The molecule has 0 radical (unpaired) electrons. The summed E-state index contributed by atoms with van der Waals surface area (Å²) < 4.78 is 16.7. The number of carbonyl (C=O) groups excluding carboxylic acids is 1. The van der Waals surface area contributed by atoms with E-state index in [1.807, 2.05) is 19.9 Å². The van der Waals surface area contributed by atoms with Crippen LogP contribution >= 0.6 is 11.6 Å². The molecule has 10 heteroatoms. The van der Waals surface area contributed by atoms with Gasteiger partial charge in [-0.15, -0.1) is 5.10 Å². The van der Waals surface area contributed by atoms with E-state index in [0.717, 1.165) is 22.4 Å². The Morgan fingerprint density at radius 1 is 1.29 bits per heavy atom. The Morgan fingerprint density at radius 3 is 2.82 bits per heavy atom. The maximum atomic E-state index is 12.4. The van der Waals surface area contributed by atoms with Crippen LogP contribution in [0.3, 0.4) is 0 Å². The number of aromatic amines is 1. The van der Waals surface area contributed by atoms with Crippen molar-refractivity contribution in [3.63, 3.8) is 0 Å². The Kier molecular flexibility index (Phi) is 6.34. The van der Waals surface area contributed by atoms with Crippen LogP contribution in [0.25, 0.3) is 0 Å². The first kappa shape index (κ1) is 23.0. The molecule has 34 heavy (non-hydrogen) atoms. The quantitative estimate of drug-likeness (QED) is 0.487. The zero-order valence-electron chi connectivity index (χ0n) is 18.7. The number of carbonyl (C=O) groups is 1. The number of ether oxygens (including phenoxy) is 3. The van der Waals surface area contributed by atoms with Gasteiger partial charge < -0.3 is 25.3 Å². The number of aryl methyl sites for hydroxylation is 2. The largest absolute Gasteiger partial charge is 0.493 e. The highest BCUT2D eigenvalue weighted by Crippen LogP contribution is 2.44. The van der Waals surface area contributed by atoms with Gasteiger partial charge in [0.2, 0.25) is 11.8 Å². The molecule has 0 saturated heterocycles. The minimum absolute atomic E-state index is 0.00114. The molecule has 4 N–H and O–H groups in total. The lowest BCUT2D eigenvalue weighted by atomic mass is 9.84. The molecule has 0 saturated carbocycles. The third-order valence-corrected chi connectivity index (χ3v) is 5.72. The normalized spacial score (nSPS) is 14.6. The Hall–Kier alpha value is -4.16. The number of anilines is 1. The smallest absolute Gasteiger partial charge is 0.262 e. The number of halogens is 1. The molecule has 0 aliphatic carbocycles. The average molecular weight is 480 g/mol. The summed E-state index contributed by atoms with van der Waals surface area (Å²) >= 11 is 6.01. The molecule has 1 unspecified atom stereocenters. The van der Waals surface area contributed by atoms with Gasteiger partial charge in [0.1, 0.15) is 11.6 Å². The van der Waals surface area contributed by atoms with Crippen molar-refractivity contribution in [1.82, 2.24) is 10.2 Å². The molecule has 174 valence electrons. The Labute approximate surface area is 201 Å². The highest BCUT2D eigenvalue weighted by molar-refractivity contribution is 6.31. The summed E-state index contributed by atoms with van der Waals surface area (Å²) in [5.74, 6) is 0.252. The summed E-state index contributed by atoms with van der Waals surface area (Å²) in [6, 6.07) is 12.6. The number of hydrogen-bond donors (Lipinski definition) is 3. The number of nitriles is 1. The Bertz CT molecular complexity index is 1340. The van der Waals surface area contributed by atoms with E-state index >= 15 is 0 Å². The molecule has 1 amide bonds. The fourth-order valence-electron chi connectivity index (χ4n) is 3.77. The van der Waals surface area contributed by atoms with Crippen molar-refractivity contribution >= 4 is 23.2 Å². The molecule has 4 rings (SSSR count). The van der Waals surface area contributed by atoms with Crippen LogP contribution < -0.4 is 25.3 Å². The number of allylic oxidation sites excluding steroid dienone is 1. The summed E-state index contributed by atoms with van der Waals surface area (Å²) in [6.07, 6.45) is 0. The van der Waals surface area contributed by atoms with E-state index in [2.05, 4.69) is 21.6 Å². The van der Waals surface area contributed by atoms with Crippen LogP contribution in [0.1, 0.15) is 28.3 Å². The number of aromatic nitrogens is 2. The number of fused-ring (bicyclic) bond motifs is 1. The first-order valence-electron chi connectivity index (χ1n) is 10.3. The van der Waals surface area contributed by atoms with Gasteiger partial charge in [-0.1, -0.05) is 23.7 Å². The van der Waals surface area contributed by atoms with Gasteiger partial charge in [-0.05, 0) is 49.2 Å². The third kappa shape index (κ3) is 4.36. The molecule has 9 nitrogen and oxygen atoms in total. The molecule has 2 aromatic carbocycles. The monoisotopic (exact) mass is 479 g/mol. The molecular formula is C24H22ClN5O4. The molecule has 0 bridgehead atoms. The lowest BCUT2D eigenvalue weighted by Crippen LogP contribution is -2.21. The second kappa shape index (κ2) is 9.37. The lowest BCUT2D eigenvalue weighted by Gasteiger charge is -2.24. The van der Waals surface area contributed by atoms with Gasteiger partial charge in [0.25, 0.3) is 5.91 Å². The van der Waals surface area contributed by atoms with Crippen molar-refractivity contribution in [2.45, 2.75) is 19.8 Å². The number of amides is 1. The van der Waals surface area contributed by atoms with Crippen molar-refractivity contribution < 1.29 is 19.0 Å². The summed E-state index contributed by atoms with van der Waals surface area (Å²) in [6.45, 7) is 3.47. The number of methoxy groups -OCH3 is 1. The van der Waals surface area contributed by atoms with Gasteiger partial charge in [-0.2, -0.15) is 5.26 Å². The molecule has 1 aliphatic heterocycles. The number of nitrogens with two attached hydrogens (primary N) is 1. The minimum atomic E-state index is -0.496. The number of H-pyrrole nitrogens is 1. The van der Waals surface area contributed by atoms with E-state index in [9.17, 15) is 10.1 Å². The van der Waals surface area contributed by atoms with Crippen LogP contribution in [0.5, 0.6) is 17.4 Å². The summed E-state index contributed by atoms with van der Waals surface area (Å²) in [5.41, 5.74) is 9.95. The number of rotatable bonds is 6. The summed E-state index contributed by atoms with van der Waals surface area (Å²) in [7, 11) is 1.50. The molecule has 3 aromatic rings. The highest BCUT2D eigenvalue weighted by Gasteiger charge is 2.34. The van der Waals surface area contributed by atoms with Gasteiger partial charge in [-0.3, -0.25) is 9.89 Å². The summed E-state index contributed by atoms with van der Waals surface area (Å²) in [4.78, 5) is 12.4. The number of benzene rings is 2. The maximum absolute atomic E-state index is 12.4. The van der Waals surface area contributed by atoms with Crippen molar-refractivity contribution in [3.8, 4) is 23.4 Å². The van der Waals surface area contributed by atoms with Crippen molar-refractivity contribution in [2.75, 3.05) is 19.0 Å². The van der Waals surface area contributed by atoms with Gasteiger partial charge in [-0.25, -0.2) is 0 Å². The van der Waals surface area contributed by atoms with Gasteiger partial charge in [0, 0.05) is 22.0 Å². The standard InChI is InChI=1S/C24H22ClN5O4/c1-12-4-6-15(25)9-17(12)28-20(31)11-33-18-7-5-14(8-19(18)32-3)22-16(10-26)23(27)34-24-21(22)13(2)29-30-24/h4-9,22H,11,27H2,1-3H3,(H,28,31)(H,29,30). The van der Waals surface area contributed by atoms with Crippen LogP contribution in [0, 0.1) is 25.2 Å². The average Bonchev–Trinajstić information content (AvgIpc) is 3.18. The zero-order chi connectivity index (χ0) is 24.4. The predicted octanol–water partition coefficient (Wildman–Crippen LogP) is 3.92. The number of nitrogens with zero attached hydrogens (tertiary/aromatic N) is 2. The highest BCUT2D eigenvalue weighted by atomic mass is 35.5. The maximum Gasteiger partial charge on any atom is 0.262 e. The third-order valence-electron chi connectivity index (χ3n) is 5.48. The van der Waals surface area contributed by atoms with Crippen molar-refractivity contribution in [2.24, 2.45) is 5.73 Å². The van der Waals surface area contributed by atoms with E-state index in [1.165, 1.54) is 7.11 Å². The molecule has 1 atom stereocenters. The molecule has 1 aliphatic rings. The second-order valence-corrected chi connectivity index (χ2v) is 8.14. The molecule has 2 heterocycles. The van der Waals surface area contributed by atoms with Gasteiger partial charge in [0.15, 0.2) is 18.1 Å². The van der Waals surface area contributed by atoms with Crippen LogP contribution in [0.15, 0.2) is 47.9 Å². The van der Waals surface area contributed by atoms with E-state index in [4.69, 9.17) is 31.5 Å². The predicted molar refractivity (Wildman–Crippen MR) is 126 cm³/mol. The van der Waals surface area contributed by atoms with Gasteiger partial charge >= 0.3 is 0 Å². The van der Waals surface area contributed by atoms with Crippen LogP contribution in [-0.4, -0.2) is 29.8 Å². The SMILES string of the molecule is COc1cc(C2C(C#N)=C(N)Oc3n[nH]c(C)c32)ccc1OCC(=O)Nc1cc(Cl)ccc1C. The Balaban J connectivity index is 1.57. The topological polar surface area (TPSA) is 135 Å². The molecule has 0 spiro atoms. The van der Waals surface area contributed by atoms with Crippen LogP contribution in [0.4, 0.5) is 5.69 Å². The van der Waals surface area contributed by atoms with Gasteiger partial charge in [0.05, 0.1) is 13.0 Å².